The van der Waals surface area contributed by atoms with E-state index < -0.39 is 0 Å². The fourth-order valence-corrected chi connectivity index (χ4v) is 2.52. The highest BCUT2D eigenvalue weighted by Crippen LogP contribution is 2.50. The monoisotopic (exact) mass is 178 g/mol. The molecule has 0 atom stereocenters. The van der Waals surface area contributed by atoms with Crippen LogP contribution in [0.1, 0.15) is 52.9 Å². The maximum Gasteiger partial charge on any atom is -0.00504 e. The van der Waals surface area contributed by atoms with Gasteiger partial charge < -0.3 is 0 Å². The predicted octanol–water partition coefficient (Wildman–Crippen LogP) is 4.48. The molecule has 0 aliphatic heterocycles. The Hall–Kier alpha value is -0.520. The average Bonchev–Trinajstić information content (AvgIpc) is 2.08. The summed E-state index contributed by atoms with van der Waals surface area (Å²) >= 11 is 0. The van der Waals surface area contributed by atoms with E-state index in [9.17, 15) is 0 Å². The quantitative estimate of drug-likeness (QED) is 0.557. The van der Waals surface area contributed by atoms with Gasteiger partial charge in [0.05, 0.1) is 0 Å². The van der Waals surface area contributed by atoms with Gasteiger partial charge in [-0.2, -0.15) is 0 Å². The zero-order chi connectivity index (χ0) is 9.73. The second kappa shape index (κ2) is 4.64. The predicted molar refractivity (Wildman–Crippen MR) is 59.8 cm³/mol. The third kappa shape index (κ3) is 2.04. The molecule has 74 valence electrons. The standard InChI is InChI=1S/C13H22/c1-4-8-12(6-3)13(9-5-2)10-7-11-13/h4,6,8H,5,7,9-11H2,1-3H3/b8-4-,12-6+. The zero-order valence-electron chi connectivity index (χ0n) is 9.27. The summed E-state index contributed by atoms with van der Waals surface area (Å²) in [6, 6.07) is 0. The van der Waals surface area contributed by atoms with Crippen LogP contribution in [0.5, 0.6) is 0 Å². The van der Waals surface area contributed by atoms with Crippen molar-refractivity contribution < 1.29 is 0 Å². The molecule has 0 heterocycles. The molecule has 0 saturated heterocycles. The molecule has 0 radical (unpaired) electrons. The average molecular weight is 178 g/mol. The van der Waals surface area contributed by atoms with Crippen molar-refractivity contribution in [2.24, 2.45) is 5.41 Å². The molecule has 0 nitrogen and oxygen atoms in total. The molecule has 0 N–H and O–H groups in total. The van der Waals surface area contributed by atoms with E-state index in [-0.39, 0.29) is 0 Å². The summed E-state index contributed by atoms with van der Waals surface area (Å²) in [6.07, 6.45) is 13.7. The minimum absolute atomic E-state index is 0.565. The third-order valence-corrected chi connectivity index (χ3v) is 3.31. The van der Waals surface area contributed by atoms with Gasteiger partial charge in [-0.15, -0.1) is 0 Å². The molecule has 1 aliphatic carbocycles. The van der Waals surface area contributed by atoms with Gasteiger partial charge in [0, 0.05) is 0 Å². The summed E-state index contributed by atoms with van der Waals surface area (Å²) in [4.78, 5) is 0. The first-order valence-corrected chi connectivity index (χ1v) is 5.58. The number of hydrogen-bond donors (Lipinski definition) is 0. The number of hydrogen-bond acceptors (Lipinski definition) is 0. The molecule has 0 amide bonds. The van der Waals surface area contributed by atoms with E-state index in [0.717, 1.165) is 0 Å². The SMILES string of the molecule is C/C=C\C(=C/C)C1(CCC)CCC1. The molecule has 0 bridgehead atoms. The normalized spacial score (nSPS) is 21.9. The molecule has 0 heteroatoms. The van der Waals surface area contributed by atoms with Gasteiger partial charge in [-0.1, -0.05) is 38.0 Å². The smallest absolute Gasteiger partial charge is 0.00504 e. The van der Waals surface area contributed by atoms with Gasteiger partial charge >= 0.3 is 0 Å². The van der Waals surface area contributed by atoms with Crippen LogP contribution in [0, 0.1) is 5.41 Å². The van der Waals surface area contributed by atoms with E-state index >= 15 is 0 Å². The fraction of sp³-hybridized carbons (Fsp3) is 0.692. The molecular weight excluding hydrogens is 156 g/mol. The highest BCUT2D eigenvalue weighted by atomic mass is 14.4. The van der Waals surface area contributed by atoms with Crippen molar-refractivity contribution in [3.05, 3.63) is 23.8 Å². The maximum absolute atomic E-state index is 2.30. The minimum Gasteiger partial charge on any atom is -0.0874 e. The van der Waals surface area contributed by atoms with Crippen LogP contribution in [0.4, 0.5) is 0 Å². The van der Waals surface area contributed by atoms with E-state index in [2.05, 4.69) is 39.0 Å². The lowest BCUT2D eigenvalue weighted by molar-refractivity contribution is 0.173. The van der Waals surface area contributed by atoms with Crippen LogP contribution < -0.4 is 0 Å². The molecule has 1 saturated carbocycles. The number of rotatable bonds is 4. The van der Waals surface area contributed by atoms with Gasteiger partial charge in [0.25, 0.3) is 0 Å². The highest BCUT2D eigenvalue weighted by Gasteiger charge is 2.37. The van der Waals surface area contributed by atoms with Crippen LogP contribution in [0.2, 0.25) is 0 Å². The lowest BCUT2D eigenvalue weighted by Gasteiger charge is -2.43. The van der Waals surface area contributed by atoms with Crippen molar-refractivity contribution in [3.8, 4) is 0 Å². The Labute approximate surface area is 82.7 Å². The van der Waals surface area contributed by atoms with Crippen molar-refractivity contribution in [1.29, 1.82) is 0 Å². The molecular formula is C13H22. The van der Waals surface area contributed by atoms with Crippen LogP contribution in [-0.4, -0.2) is 0 Å². The molecule has 0 unspecified atom stereocenters. The van der Waals surface area contributed by atoms with Crippen molar-refractivity contribution in [2.75, 3.05) is 0 Å². The molecule has 1 fully saturated rings. The summed E-state index contributed by atoms with van der Waals surface area (Å²) in [6.45, 7) is 6.58. The highest BCUT2D eigenvalue weighted by molar-refractivity contribution is 5.28. The fourth-order valence-electron chi connectivity index (χ4n) is 2.52. The van der Waals surface area contributed by atoms with Gasteiger partial charge in [0.1, 0.15) is 0 Å². The summed E-state index contributed by atoms with van der Waals surface area (Å²) < 4.78 is 0. The topological polar surface area (TPSA) is 0 Å². The summed E-state index contributed by atoms with van der Waals surface area (Å²) in [5, 5.41) is 0. The number of allylic oxidation sites excluding steroid dienone is 4. The van der Waals surface area contributed by atoms with Gasteiger partial charge in [0.15, 0.2) is 0 Å². The van der Waals surface area contributed by atoms with Gasteiger partial charge in [-0.25, -0.2) is 0 Å². The Morgan fingerprint density at radius 1 is 1.31 bits per heavy atom. The molecule has 0 aromatic carbocycles. The van der Waals surface area contributed by atoms with E-state index in [4.69, 9.17) is 0 Å². The molecule has 0 aromatic heterocycles. The molecule has 1 rings (SSSR count). The lowest BCUT2D eigenvalue weighted by atomic mass is 9.61. The van der Waals surface area contributed by atoms with Gasteiger partial charge in [-0.3, -0.25) is 0 Å². The molecule has 13 heavy (non-hydrogen) atoms. The van der Waals surface area contributed by atoms with Crippen molar-refractivity contribution in [3.63, 3.8) is 0 Å². The van der Waals surface area contributed by atoms with Crippen molar-refractivity contribution >= 4 is 0 Å². The zero-order valence-corrected chi connectivity index (χ0v) is 9.27. The van der Waals surface area contributed by atoms with E-state index in [0.29, 0.717) is 5.41 Å². The van der Waals surface area contributed by atoms with Gasteiger partial charge in [-0.05, 0) is 44.1 Å². The Bertz CT molecular complexity index is 204. The summed E-state index contributed by atoms with van der Waals surface area (Å²) in [7, 11) is 0. The first-order valence-electron chi connectivity index (χ1n) is 5.58. The second-order valence-electron chi connectivity index (χ2n) is 4.13. The van der Waals surface area contributed by atoms with Crippen molar-refractivity contribution in [1.82, 2.24) is 0 Å². The largest absolute Gasteiger partial charge is 0.0874 e. The molecule has 0 spiro atoms. The third-order valence-electron chi connectivity index (χ3n) is 3.31. The summed E-state index contributed by atoms with van der Waals surface area (Å²) in [5.41, 5.74) is 2.14. The second-order valence-corrected chi connectivity index (χ2v) is 4.13. The first-order chi connectivity index (χ1) is 6.29. The molecule has 0 aromatic rings. The van der Waals surface area contributed by atoms with Gasteiger partial charge in [0.2, 0.25) is 0 Å². The van der Waals surface area contributed by atoms with Crippen LogP contribution in [-0.2, 0) is 0 Å². The van der Waals surface area contributed by atoms with E-state index in [1.54, 1.807) is 5.57 Å². The Balaban J connectivity index is 2.74. The maximum atomic E-state index is 2.30. The Morgan fingerprint density at radius 2 is 2.00 bits per heavy atom. The minimum atomic E-state index is 0.565. The van der Waals surface area contributed by atoms with Crippen LogP contribution in [0.15, 0.2) is 23.8 Å². The lowest BCUT2D eigenvalue weighted by Crippen LogP contribution is -2.30. The van der Waals surface area contributed by atoms with E-state index in [1.165, 1.54) is 32.1 Å². The van der Waals surface area contributed by atoms with Crippen LogP contribution in [0.3, 0.4) is 0 Å². The Morgan fingerprint density at radius 3 is 2.31 bits per heavy atom. The van der Waals surface area contributed by atoms with Crippen molar-refractivity contribution in [2.45, 2.75) is 52.9 Å². The Kier molecular flexibility index (Phi) is 3.77. The van der Waals surface area contributed by atoms with Crippen LogP contribution in [0.25, 0.3) is 0 Å². The summed E-state index contributed by atoms with van der Waals surface area (Å²) in [5.74, 6) is 0. The molecule has 1 aliphatic rings. The van der Waals surface area contributed by atoms with E-state index in [1.807, 2.05) is 0 Å². The first kappa shape index (κ1) is 10.6. The van der Waals surface area contributed by atoms with Crippen LogP contribution >= 0.6 is 0 Å².